The second kappa shape index (κ2) is 8.16. The highest BCUT2D eigenvalue weighted by Crippen LogP contribution is 2.22. The van der Waals surface area contributed by atoms with Crippen molar-refractivity contribution in [3.63, 3.8) is 0 Å². The van der Waals surface area contributed by atoms with Crippen LogP contribution in [-0.2, 0) is 17.8 Å². The summed E-state index contributed by atoms with van der Waals surface area (Å²) in [6.45, 7) is 9.41. The fraction of sp³-hybridized carbons (Fsp3) is 0.611. The Morgan fingerprint density at radius 1 is 1.26 bits per heavy atom. The van der Waals surface area contributed by atoms with Crippen LogP contribution in [0.3, 0.4) is 0 Å². The van der Waals surface area contributed by atoms with E-state index in [0.717, 1.165) is 23.1 Å². The van der Waals surface area contributed by atoms with Gasteiger partial charge in [-0.2, -0.15) is 0 Å². The predicted octanol–water partition coefficient (Wildman–Crippen LogP) is 1.96. The fourth-order valence-corrected chi connectivity index (χ4v) is 3.96. The lowest BCUT2D eigenvalue weighted by Gasteiger charge is -2.21. The zero-order chi connectivity index (χ0) is 19.6. The Hall–Kier alpha value is -2.29. The zero-order valence-electron chi connectivity index (χ0n) is 16.2. The second-order valence-corrected chi connectivity index (χ2v) is 8.36. The van der Waals surface area contributed by atoms with Gasteiger partial charge in [-0.25, -0.2) is 4.98 Å². The van der Waals surface area contributed by atoms with Gasteiger partial charge in [0.1, 0.15) is 11.5 Å². The van der Waals surface area contributed by atoms with E-state index >= 15 is 0 Å². The number of nitrogens with one attached hydrogen (secondary N) is 1. The molecule has 1 unspecified atom stereocenters. The molecule has 8 nitrogen and oxygen atoms in total. The number of carbonyl (C=O) groups excluding carboxylic acids is 2. The maximum Gasteiger partial charge on any atom is 0.273 e. The number of aryl methyl sites for hydroxylation is 1. The Kier molecular flexibility index (Phi) is 5.88. The third-order valence-corrected chi connectivity index (χ3v) is 5.35. The predicted molar refractivity (Wildman–Crippen MR) is 102 cm³/mol. The number of nitrogens with zero attached hydrogens (tertiary/aromatic N) is 5. The normalized spacial score (nSPS) is 15.4. The van der Waals surface area contributed by atoms with Crippen LogP contribution in [0.25, 0.3) is 0 Å². The molecule has 2 aromatic heterocycles. The monoisotopic (exact) mass is 390 g/mol. The Morgan fingerprint density at radius 3 is 2.67 bits per heavy atom. The third-order valence-electron chi connectivity index (χ3n) is 4.58. The first-order valence-electron chi connectivity index (χ1n) is 9.25. The largest absolute Gasteiger partial charge is 0.346 e. The Bertz CT molecular complexity index is 828. The molecular formula is C18H26N6O2S. The highest BCUT2D eigenvalue weighted by Gasteiger charge is 2.27. The van der Waals surface area contributed by atoms with E-state index in [1.807, 2.05) is 17.2 Å². The van der Waals surface area contributed by atoms with E-state index in [2.05, 4.69) is 38.9 Å². The number of hydrogen-bond acceptors (Lipinski definition) is 6. The molecule has 1 aliphatic rings. The molecule has 0 aromatic carbocycles. The lowest BCUT2D eigenvalue weighted by molar-refractivity contribution is -0.119. The number of fused-ring (bicyclic) bond motifs is 1. The van der Waals surface area contributed by atoms with Gasteiger partial charge in [0, 0.05) is 38.4 Å². The van der Waals surface area contributed by atoms with Gasteiger partial charge in [-0.1, -0.05) is 13.8 Å². The molecule has 1 N–H and O–H groups in total. The average molecular weight is 391 g/mol. The number of thiazole rings is 1. The summed E-state index contributed by atoms with van der Waals surface area (Å²) < 4.78 is 2.06. The van der Waals surface area contributed by atoms with Crippen LogP contribution in [0.4, 0.5) is 0 Å². The van der Waals surface area contributed by atoms with Gasteiger partial charge in [0.25, 0.3) is 5.91 Å². The van der Waals surface area contributed by atoms with Crippen LogP contribution in [0.5, 0.6) is 0 Å². The molecular weight excluding hydrogens is 364 g/mol. The van der Waals surface area contributed by atoms with Crippen molar-refractivity contribution in [3.8, 4) is 0 Å². The van der Waals surface area contributed by atoms with Crippen LogP contribution in [0.2, 0.25) is 0 Å². The first-order chi connectivity index (χ1) is 12.8. The van der Waals surface area contributed by atoms with Crippen LogP contribution in [0.15, 0.2) is 5.38 Å². The Balaban J connectivity index is 1.78. The van der Waals surface area contributed by atoms with E-state index in [1.165, 1.54) is 18.3 Å². The van der Waals surface area contributed by atoms with Gasteiger partial charge < -0.3 is 14.8 Å². The molecule has 1 aliphatic heterocycles. The lowest BCUT2D eigenvalue weighted by atomic mass is 10.0. The first kappa shape index (κ1) is 19.5. The molecule has 27 heavy (non-hydrogen) atoms. The van der Waals surface area contributed by atoms with Crippen LogP contribution >= 0.6 is 11.3 Å². The van der Waals surface area contributed by atoms with E-state index in [-0.39, 0.29) is 17.9 Å². The van der Waals surface area contributed by atoms with E-state index < -0.39 is 0 Å². The number of hydrogen-bond donors (Lipinski definition) is 1. The van der Waals surface area contributed by atoms with Crippen LogP contribution in [0, 0.1) is 12.8 Å². The Morgan fingerprint density at radius 2 is 2.04 bits per heavy atom. The van der Waals surface area contributed by atoms with Crippen LogP contribution in [0.1, 0.15) is 60.4 Å². The number of carbonyl (C=O) groups is 2. The van der Waals surface area contributed by atoms with Crippen molar-refractivity contribution >= 4 is 23.2 Å². The maximum absolute atomic E-state index is 12.7. The summed E-state index contributed by atoms with van der Waals surface area (Å²) in [6.07, 6.45) is 1.43. The molecule has 0 radical (unpaired) electrons. The summed E-state index contributed by atoms with van der Waals surface area (Å²) in [6, 6.07) is -0.174. The van der Waals surface area contributed by atoms with Gasteiger partial charge in [0.2, 0.25) is 5.91 Å². The molecule has 9 heteroatoms. The lowest BCUT2D eigenvalue weighted by Crippen LogP contribution is -2.34. The summed E-state index contributed by atoms with van der Waals surface area (Å²) in [4.78, 5) is 30.5. The van der Waals surface area contributed by atoms with Crippen molar-refractivity contribution in [2.75, 3.05) is 13.1 Å². The van der Waals surface area contributed by atoms with Crippen molar-refractivity contribution in [3.05, 3.63) is 27.7 Å². The van der Waals surface area contributed by atoms with Crippen molar-refractivity contribution in [1.29, 1.82) is 0 Å². The minimum atomic E-state index is -0.174. The molecule has 146 valence electrons. The summed E-state index contributed by atoms with van der Waals surface area (Å²) in [5, 5.41) is 14.4. The van der Waals surface area contributed by atoms with Gasteiger partial charge in [-0.15, -0.1) is 21.5 Å². The van der Waals surface area contributed by atoms with E-state index in [9.17, 15) is 9.59 Å². The smallest absolute Gasteiger partial charge is 0.273 e. The van der Waals surface area contributed by atoms with Gasteiger partial charge >= 0.3 is 0 Å². The van der Waals surface area contributed by atoms with Crippen LogP contribution in [-0.4, -0.2) is 49.6 Å². The summed E-state index contributed by atoms with van der Waals surface area (Å²) >= 11 is 1.48. The van der Waals surface area contributed by atoms with E-state index in [4.69, 9.17) is 0 Å². The van der Waals surface area contributed by atoms with E-state index in [1.54, 1.807) is 0 Å². The first-order valence-corrected chi connectivity index (χ1v) is 10.1. The minimum absolute atomic E-state index is 0.0415. The highest BCUT2D eigenvalue weighted by molar-refractivity contribution is 7.09. The minimum Gasteiger partial charge on any atom is -0.346 e. The average Bonchev–Trinajstić information content (AvgIpc) is 3.14. The molecule has 1 atom stereocenters. The summed E-state index contributed by atoms with van der Waals surface area (Å²) in [5.74, 6) is 1.91. The highest BCUT2D eigenvalue weighted by atomic mass is 32.1. The van der Waals surface area contributed by atoms with Crippen molar-refractivity contribution in [1.82, 2.24) is 30.0 Å². The topological polar surface area (TPSA) is 93.0 Å². The number of amides is 2. The van der Waals surface area contributed by atoms with Crippen molar-refractivity contribution < 1.29 is 9.59 Å². The van der Waals surface area contributed by atoms with Crippen molar-refractivity contribution in [2.24, 2.45) is 5.92 Å². The second-order valence-electron chi connectivity index (χ2n) is 7.30. The quantitative estimate of drug-likeness (QED) is 0.842. The standard InChI is InChI=1S/C18H26N6O2S/c1-11(2)9-14(19-12(3)25)17-22-21-16-5-6-23(7-8-24(16)17)18(26)15-10-27-13(4)20-15/h10-11,14H,5-9H2,1-4H3,(H,19,25). The summed E-state index contributed by atoms with van der Waals surface area (Å²) in [7, 11) is 0. The van der Waals surface area contributed by atoms with Gasteiger partial charge in [0.05, 0.1) is 11.0 Å². The van der Waals surface area contributed by atoms with Crippen LogP contribution < -0.4 is 5.32 Å². The summed E-state index contributed by atoms with van der Waals surface area (Å²) in [5.41, 5.74) is 0.506. The molecule has 0 bridgehead atoms. The van der Waals surface area contributed by atoms with Crippen molar-refractivity contribution in [2.45, 2.75) is 53.1 Å². The fourth-order valence-electron chi connectivity index (χ4n) is 3.38. The molecule has 0 saturated carbocycles. The molecule has 2 amide bonds. The molecule has 3 rings (SSSR count). The van der Waals surface area contributed by atoms with Gasteiger partial charge in [-0.3, -0.25) is 9.59 Å². The molecule has 3 heterocycles. The number of rotatable bonds is 5. The SMILES string of the molecule is CC(=O)NC(CC(C)C)c1nnc2n1CCN(C(=O)c1csc(C)n1)CC2. The molecule has 0 aliphatic carbocycles. The third kappa shape index (κ3) is 4.52. The molecule has 0 saturated heterocycles. The zero-order valence-corrected chi connectivity index (χ0v) is 17.0. The molecule has 0 fully saturated rings. The molecule has 2 aromatic rings. The number of aromatic nitrogens is 4. The van der Waals surface area contributed by atoms with E-state index in [0.29, 0.717) is 37.7 Å². The van der Waals surface area contributed by atoms with Gasteiger partial charge in [-0.05, 0) is 19.3 Å². The Labute approximate surface area is 163 Å². The maximum atomic E-state index is 12.7. The van der Waals surface area contributed by atoms with Gasteiger partial charge in [0.15, 0.2) is 5.82 Å². The molecule has 0 spiro atoms.